The van der Waals surface area contributed by atoms with E-state index in [1.807, 2.05) is 30.3 Å². The Labute approximate surface area is 283 Å². The Morgan fingerprint density at radius 1 is 0.918 bits per heavy atom. The lowest BCUT2D eigenvalue weighted by atomic mass is 10.0. The second-order valence-corrected chi connectivity index (χ2v) is 11.8. The summed E-state index contributed by atoms with van der Waals surface area (Å²) in [7, 11) is 0. The van der Waals surface area contributed by atoms with Crippen LogP contribution in [-0.2, 0) is 25.6 Å². The van der Waals surface area contributed by atoms with Gasteiger partial charge in [-0.2, -0.15) is 0 Å². The van der Waals surface area contributed by atoms with Crippen molar-refractivity contribution in [2.24, 2.45) is 0 Å². The zero-order valence-corrected chi connectivity index (χ0v) is 27.0. The van der Waals surface area contributed by atoms with Crippen LogP contribution in [-0.4, -0.2) is 85.4 Å². The second kappa shape index (κ2) is 17.1. The molecule has 0 radical (unpaired) electrons. The molecule has 0 bridgehead atoms. The molecule has 3 aromatic rings. The molecule has 1 fully saturated rings. The van der Waals surface area contributed by atoms with Crippen LogP contribution in [0.2, 0.25) is 0 Å². The number of ether oxygens (including phenoxy) is 2. The third-order valence-corrected chi connectivity index (χ3v) is 8.29. The zero-order chi connectivity index (χ0) is 34.6. The molecule has 0 aliphatic carbocycles. The first kappa shape index (κ1) is 34.9. The lowest BCUT2D eigenvalue weighted by molar-refractivity contribution is -0.140. The highest BCUT2D eigenvalue weighted by Crippen LogP contribution is 2.22. The average Bonchev–Trinajstić information content (AvgIpc) is 3.61. The van der Waals surface area contributed by atoms with Crippen molar-refractivity contribution < 1.29 is 37.8 Å². The van der Waals surface area contributed by atoms with Crippen LogP contribution in [0.3, 0.4) is 0 Å². The summed E-state index contributed by atoms with van der Waals surface area (Å²) in [6.07, 6.45) is 1.18. The van der Waals surface area contributed by atoms with Gasteiger partial charge < -0.3 is 35.6 Å². The van der Waals surface area contributed by atoms with Crippen LogP contribution in [0.4, 0.5) is 4.39 Å². The van der Waals surface area contributed by atoms with Gasteiger partial charge in [0.25, 0.3) is 5.91 Å². The molecule has 2 aliphatic rings. The molecule has 3 atom stereocenters. The van der Waals surface area contributed by atoms with Crippen LogP contribution >= 0.6 is 0 Å². The van der Waals surface area contributed by atoms with Crippen molar-refractivity contribution in [2.75, 3.05) is 32.8 Å². The number of nitrogens with zero attached hydrogens (tertiary/aromatic N) is 1. The summed E-state index contributed by atoms with van der Waals surface area (Å²) in [5.41, 5.74) is 1.02. The van der Waals surface area contributed by atoms with Crippen molar-refractivity contribution in [3.8, 4) is 11.5 Å². The van der Waals surface area contributed by atoms with E-state index in [0.29, 0.717) is 25.0 Å². The van der Waals surface area contributed by atoms with Crippen LogP contribution in [0.1, 0.15) is 41.6 Å². The predicted octanol–water partition coefficient (Wildman–Crippen LogP) is 2.13. The molecule has 49 heavy (non-hydrogen) atoms. The van der Waals surface area contributed by atoms with Gasteiger partial charge in [-0.1, -0.05) is 42.5 Å². The minimum Gasteiger partial charge on any atom is -0.493 e. The maximum absolute atomic E-state index is 13.7. The van der Waals surface area contributed by atoms with Gasteiger partial charge in [0.05, 0.1) is 25.1 Å². The molecule has 0 saturated carbocycles. The molecule has 258 valence electrons. The first-order chi connectivity index (χ1) is 23.8. The number of halogens is 1. The number of para-hydroxylation sites is 1. The number of nitrogens with one attached hydrogen (secondary N) is 4. The van der Waals surface area contributed by atoms with E-state index in [4.69, 9.17) is 9.47 Å². The fourth-order valence-electron chi connectivity index (χ4n) is 5.77. The van der Waals surface area contributed by atoms with E-state index in [9.17, 15) is 28.4 Å². The van der Waals surface area contributed by atoms with Crippen molar-refractivity contribution >= 4 is 29.5 Å². The molecular weight excluding hydrogens is 633 g/mol. The Bertz CT molecular complexity index is 1620. The predicted molar refractivity (Wildman–Crippen MR) is 177 cm³/mol. The summed E-state index contributed by atoms with van der Waals surface area (Å²) >= 11 is 0. The van der Waals surface area contributed by atoms with Crippen molar-refractivity contribution in [3.05, 3.63) is 95.8 Å². The van der Waals surface area contributed by atoms with Gasteiger partial charge in [-0.25, -0.2) is 4.39 Å². The molecule has 3 aromatic carbocycles. The Morgan fingerprint density at radius 3 is 2.47 bits per heavy atom. The van der Waals surface area contributed by atoms with Crippen LogP contribution in [0.25, 0.3) is 0 Å². The average molecular weight is 674 g/mol. The van der Waals surface area contributed by atoms with Crippen molar-refractivity contribution in [2.45, 2.75) is 50.2 Å². The topological polar surface area (TPSA) is 155 Å². The molecule has 0 aromatic heterocycles. The van der Waals surface area contributed by atoms with Gasteiger partial charge in [0.2, 0.25) is 23.6 Å². The standard InChI is InChI=1S/C36H40FN5O7/c37-25-13-15-26(16-14-25)48-21-18-39-35(46)29-23-32(43)42-19-6-11-30(42)36(47)41-28(22-24-8-2-1-3-9-24)34(45)38-17-7-20-49-31-12-5-4-10-27(31)33(44)40-29/h1-5,8-10,12-16,28-30H,6-7,11,17-23H2,(H,38,45)(H,39,46)(H,40,44)(H,41,47)/t28-,29-,30-/m0/s1. The molecule has 0 unspecified atom stereocenters. The van der Waals surface area contributed by atoms with Crippen molar-refractivity contribution in [3.63, 3.8) is 0 Å². The lowest BCUT2D eigenvalue weighted by Crippen LogP contribution is -2.55. The van der Waals surface area contributed by atoms with E-state index < -0.39 is 54.0 Å². The first-order valence-electron chi connectivity index (χ1n) is 16.4. The molecule has 0 spiro atoms. The third kappa shape index (κ3) is 9.78. The molecule has 2 aliphatic heterocycles. The SMILES string of the molecule is O=C1N[C@H](C(=O)NCCOc2ccc(F)cc2)CC(=O)N2CCC[C@H]2C(=O)N[C@@H](Cc2ccccc2)C(=O)NCCCOc2ccccc21. The van der Waals surface area contributed by atoms with Gasteiger partial charge in [-0.05, 0) is 61.2 Å². The third-order valence-electron chi connectivity index (χ3n) is 8.29. The molecule has 12 nitrogen and oxygen atoms in total. The van der Waals surface area contributed by atoms with E-state index in [1.165, 1.54) is 29.2 Å². The highest BCUT2D eigenvalue weighted by Gasteiger charge is 2.38. The maximum atomic E-state index is 13.7. The van der Waals surface area contributed by atoms with Gasteiger partial charge in [0, 0.05) is 19.5 Å². The highest BCUT2D eigenvalue weighted by molar-refractivity contribution is 6.01. The summed E-state index contributed by atoms with van der Waals surface area (Å²) < 4.78 is 24.7. The fraction of sp³-hybridized carbons (Fsp3) is 0.361. The monoisotopic (exact) mass is 673 g/mol. The van der Waals surface area contributed by atoms with E-state index >= 15 is 0 Å². The summed E-state index contributed by atoms with van der Waals surface area (Å²) in [5, 5.41) is 11.1. The second-order valence-electron chi connectivity index (χ2n) is 11.8. The molecular formula is C36H40FN5O7. The normalized spacial score (nSPS) is 20.7. The molecule has 2 heterocycles. The van der Waals surface area contributed by atoms with Gasteiger partial charge in [-0.3, -0.25) is 24.0 Å². The number of carbonyl (C=O) groups is 5. The molecule has 13 heteroatoms. The summed E-state index contributed by atoms with van der Waals surface area (Å²) in [6, 6.07) is 18.2. The van der Waals surface area contributed by atoms with E-state index in [2.05, 4.69) is 21.3 Å². The van der Waals surface area contributed by atoms with Gasteiger partial charge in [-0.15, -0.1) is 0 Å². The van der Waals surface area contributed by atoms with E-state index in [-0.39, 0.29) is 56.5 Å². The lowest BCUT2D eigenvalue weighted by Gasteiger charge is -2.28. The van der Waals surface area contributed by atoms with Crippen molar-refractivity contribution in [1.29, 1.82) is 0 Å². The van der Waals surface area contributed by atoms with Crippen molar-refractivity contribution in [1.82, 2.24) is 26.2 Å². The van der Waals surface area contributed by atoms with Crippen LogP contribution in [0.5, 0.6) is 11.5 Å². The quantitative estimate of drug-likeness (QED) is 0.280. The van der Waals surface area contributed by atoms with Crippen LogP contribution < -0.4 is 30.7 Å². The number of amides is 5. The fourth-order valence-corrected chi connectivity index (χ4v) is 5.77. The van der Waals surface area contributed by atoms with Crippen LogP contribution in [0.15, 0.2) is 78.9 Å². The molecule has 5 rings (SSSR count). The van der Waals surface area contributed by atoms with Gasteiger partial charge in [0.1, 0.15) is 42.0 Å². The number of rotatable bonds is 7. The Balaban J connectivity index is 1.34. The molecule has 5 amide bonds. The van der Waals surface area contributed by atoms with Crippen LogP contribution in [0, 0.1) is 5.82 Å². The minimum atomic E-state index is -1.29. The molecule has 1 saturated heterocycles. The number of hydrogen-bond acceptors (Lipinski definition) is 7. The number of hydrogen-bond donors (Lipinski definition) is 4. The number of fused-ring (bicyclic) bond motifs is 2. The number of carbonyl (C=O) groups excluding carboxylic acids is 5. The summed E-state index contributed by atoms with van der Waals surface area (Å²) in [6.45, 7) is 0.797. The largest absolute Gasteiger partial charge is 0.493 e. The first-order valence-corrected chi connectivity index (χ1v) is 16.4. The van der Waals surface area contributed by atoms with E-state index in [0.717, 1.165) is 5.56 Å². The smallest absolute Gasteiger partial charge is 0.255 e. The number of benzene rings is 3. The maximum Gasteiger partial charge on any atom is 0.255 e. The molecule has 4 N–H and O–H groups in total. The van der Waals surface area contributed by atoms with E-state index in [1.54, 1.807) is 24.3 Å². The van der Waals surface area contributed by atoms with Gasteiger partial charge in [0.15, 0.2) is 0 Å². The Morgan fingerprint density at radius 2 is 1.67 bits per heavy atom. The minimum absolute atomic E-state index is 0.0378. The summed E-state index contributed by atoms with van der Waals surface area (Å²) in [4.78, 5) is 69.0. The Kier molecular flexibility index (Phi) is 12.2. The van der Waals surface area contributed by atoms with Gasteiger partial charge >= 0.3 is 0 Å². The summed E-state index contributed by atoms with van der Waals surface area (Å²) in [5.74, 6) is -2.31. The highest BCUT2D eigenvalue weighted by atomic mass is 19.1. The Hall–Kier alpha value is -5.46. The zero-order valence-electron chi connectivity index (χ0n) is 27.0.